The molecule has 1 aliphatic heterocycles. The third-order valence-corrected chi connectivity index (χ3v) is 5.70. The quantitative estimate of drug-likeness (QED) is 0.537. The zero-order valence-electron chi connectivity index (χ0n) is 17.2. The second-order valence-electron chi connectivity index (χ2n) is 7.66. The summed E-state index contributed by atoms with van der Waals surface area (Å²) in [5.74, 6) is -0.913. The Morgan fingerprint density at radius 3 is 2.65 bits per heavy atom. The molecule has 2 aromatic heterocycles. The minimum absolute atomic E-state index is 0.352. The molecule has 1 N–H and O–H groups in total. The number of fused-ring (bicyclic) bond motifs is 2. The number of aromatic carboxylic acids is 1. The van der Waals surface area contributed by atoms with Gasteiger partial charge in [-0.3, -0.25) is 4.90 Å². The fourth-order valence-corrected chi connectivity index (χ4v) is 4.18. The summed E-state index contributed by atoms with van der Waals surface area (Å²) in [4.78, 5) is 19.3. The van der Waals surface area contributed by atoms with E-state index in [1.165, 1.54) is 0 Å². The maximum atomic E-state index is 12.2. The number of carboxylic acid groups (broad SMARTS) is 1. The van der Waals surface area contributed by atoms with Crippen LogP contribution in [0.1, 0.15) is 34.1 Å². The molecule has 0 saturated heterocycles. The summed E-state index contributed by atoms with van der Waals surface area (Å²) in [5, 5.41) is 15.2. The summed E-state index contributed by atoms with van der Waals surface area (Å²) < 4.78 is 1.84. The second kappa shape index (κ2) is 7.81. The Kier molecular flexibility index (Phi) is 4.84. The molecule has 1 aliphatic rings. The molecule has 0 fully saturated rings. The van der Waals surface area contributed by atoms with Crippen molar-refractivity contribution in [3.63, 3.8) is 0 Å². The normalized spacial score (nSPS) is 15.3. The zero-order chi connectivity index (χ0) is 21.4. The number of para-hydroxylation sites is 2. The number of carboxylic acids is 1. The molecule has 0 saturated carbocycles. The van der Waals surface area contributed by atoms with E-state index in [9.17, 15) is 9.90 Å². The predicted octanol–water partition coefficient (Wildman–Crippen LogP) is 4.49. The third-order valence-electron chi connectivity index (χ3n) is 5.70. The predicted molar refractivity (Wildman–Crippen MR) is 121 cm³/mol. The van der Waals surface area contributed by atoms with Gasteiger partial charge in [0, 0.05) is 35.8 Å². The maximum Gasteiger partial charge on any atom is 0.336 e. The van der Waals surface area contributed by atoms with Crippen molar-refractivity contribution in [1.82, 2.24) is 19.7 Å². The van der Waals surface area contributed by atoms with E-state index in [0.29, 0.717) is 29.6 Å². The van der Waals surface area contributed by atoms with Crippen molar-refractivity contribution in [3.8, 4) is 5.69 Å². The van der Waals surface area contributed by atoms with E-state index in [0.717, 1.165) is 34.6 Å². The minimum Gasteiger partial charge on any atom is -0.478 e. The molecule has 6 heteroatoms. The lowest BCUT2D eigenvalue weighted by Crippen LogP contribution is -2.31. The third kappa shape index (κ3) is 3.51. The van der Waals surface area contributed by atoms with Crippen LogP contribution in [-0.2, 0) is 6.54 Å². The van der Waals surface area contributed by atoms with E-state index in [2.05, 4.69) is 23.0 Å². The van der Waals surface area contributed by atoms with Crippen LogP contribution in [0.2, 0.25) is 0 Å². The van der Waals surface area contributed by atoms with Gasteiger partial charge in [0.2, 0.25) is 0 Å². The van der Waals surface area contributed by atoms with E-state index in [1.54, 1.807) is 0 Å². The van der Waals surface area contributed by atoms with Crippen molar-refractivity contribution in [1.29, 1.82) is 0 Å². The molecule has 31 heavy (non-hydrogen) atoms. The van der Waals surface area contributed by atoms with E-state index in [1.807, 2.05) is 71.7 Å². The van der Waals surface area contributed by atoms with Crippen LogP contribution in [-0.4, -0.2) is 43.8 Å². The molecule has 5 rings (SSSR count). The lowest BCUT2D eigenvalue weighted by Gasteiger charge is -2.30. The monoisotopic (exact) mass is 410 g/mol. The van der Waals surface area contributed by atoms with Gasteiger partial charge in [-0.15, -0.1) is 0 Å². The topological polar surface area (TPSA) is 71.2 Å². The highest BCUT2D eigenvalue weighted by Gasteiger charge is 2.27. The van der Waals surface area contributed by atoms with Gasteiger partial charge in [-0.25, -0.2) is 14.5 Å². The SMILES string of the molecule is CCN1C/C(=C\c2cnn(-c3ccccc3)c2)c2nc3ccccc3c(C(=O)O)c2C1. The van der Waals surface area contributed by atoms with E-state index in [4.69, 9.17) is 4.98 Å². The molecule has 3 heterocycles. The largest absolute Gasteiger partial charge is 0.478 e. The van der Waals surface area contributed by atoms with Crippen LogP contribution < -0.4 is 0 Å². The number of hydrogen-bond acceptors (Lipinski definition) is 4. The first kappa shape index (κ1) is 19.2. The molecule has 2 aromatic carbocycles. The van der Waals surface area contributed by atoms with Crippen LogP contribution >= 0.6 is 0 Å². The first-order valence-electron chi connectivity index (χ1n) is 10.3. The van der Waals surface area contributed by atoms with Gasteiger partial charge < -0.3 is 5.11 Å². The molecule has 0 aliphatic carbocycles. The van der Waals surface area contributed by atoms with Crippen LogP contribution in [0.25, 0.3) is 28.2 Å². The van der Waals surface area contributed by atoms with Crippen molar-refractivity contribution in [2.24, 2.45) is 0 Å². The molecular weight excluding hydrogens is 388 g/mol. The Morgan fingerprint density at radius 2 is 1.87 bits per heavy atom. The van der Waals surface area contributed by atoms with Crippen LogP contribution in [0, 0.1) is 0 Å². The van der Waals surface area contributed by atoms with Crippen LogP contribution in [0.15, 0.2) is 67.0 Å². The average molecular weight is 410 g/mol. The molecule has 6 nitrogen and oxygen atoms in total. The smallest absolute Gasteiger partial charge is 0.336 e. The highest BCUT2D eigenvalue weighted by molar-refractivity contribution is 6.06. The number of pyridine rings is 1. The fourth-order valence-electron chi connectivity index (χ4n) is 4.18. The fraction of sp³-hybridized carbons (Fsp3) is 0.160. The lowest BCUT2D eigenvalue weighted by atomic mass is 9.92. The van der Waals surface area contributed by atoms with Crippen LogP contribution in [0.5, 0.6) is 0 Å². The Bertz CT molecular complexity index is 1310. The molecule has 4 aromatic rings. The van der Waals surface area contributed by atoms with Crippen molar-refractivity contribution in [3.05, 3.63) is 89.4 Å². The number of hydrogen-bond donors (Lipinski definition) is 1. The van der Waals surface area contributed by atoms with Gasteiger partial charge in [0.15, 0.2) is 0 Å². The molecular formula is C25H22N4O2. The number of benzene rings is 2. The van der Waals surface area contributed by atoms with Gasteiger partial charge in [-0.05, 0) is 36.4 Å². The number of rotatable bonds is 4. The zero-order valence-corrected chi connectivity index (χ0v) is 17.2. The van der Waals surface area contributed by atoms with Crippen molar-refractivity contribution in [2.45, 2.75) is 13.5 Å². The number of carbonyl (C=O) groups is 1. The maximum absolute atomic E-state index is 12.2. The van der Waals surface area contributed by atoms with Crippen molar-refractivity contribution < 1.29 is 9.90 Å². The number of likely N-dealkylation sites (N-methyl/N-ethyl adjacent to an activating group) is 1. The number of nitrogens with zero attached hydrogens (tertiary/aromatic N) is 4. The van der Waals surface area contributed by atoms with Crippen LogP contribution in [0.3, 0.4) is 0 Å². The van der Waals surface area contributed by atoms with Gasteiger partial charge in [-0.2, -0.15) is 5.10 Å². The summed E-state index contributed by atoms with van der Waals surface area (Å²) in [7, 11) is 0. The van der Waals surface area contributed by atoms with E-state index >= 15 is 0 Å². The van der Waals surface area contributed by atoms with E-state index < -0.39 is 5.97 Å². The molecule has 0 atom stereocenters. The summed E-state index contributed by atoms with van der Waals surface area (Å²) in [6, 6.07) is 17.4. The average Bonchev–Trinajstić information content (AvgIpc) is 3.26. The first-order valence-corrected chi connectivity index (χ1v) is 10.3. The molecule has 0 radical (unpaired) electrons. The van der Waals surface area contributed by atoms with Gasteiger partial charge in [-0.1, -0.05) is 43.3 Å². The van der Waals surface area contributed by atoms with E-state index in [-0.39, 0.29) is 0 Å². The highest BCUT2D eigenvalue weighted by atomic mass is 16.4. The molecule has 0 spiro atoms. The summed E-state index contributed by atoms with van der Waals surface area (Å²) >= 11 is 0. The number of aromatic nitrogens is 3. The van der Waals surface area contributed by atoms with Crippen molar-refractivity contribution >= 4 is 28.5 Å². The minimum atomic E-state index is -0.913. The Balaban J connectivity index is 1.66. The molecule has 0 bridgehead atoms. The molecule has 154 valence electrons. The molecule has 0 amide bonds. The van der Waals surface area contributed by atoms with Gasteiger partial charge in [0.05, 0.1) is 28.7 Å². The van der Waals surface area contributed by atoms with Crippen molar-refractivity contribution in [2.75, 3.05) is 13.1 Å². The summed E-state index contributed by atoms with van der Waals surface area (Å²) in [6.45, 7) is 4.20. The van der Waals surface area contributed by atoms with Gasteiger partial charge in [0.25, 0.3) is 0 Å². The standard InChI is InChI=1S/C25H22N4O2/c1-2-28-15-18(12-17-13-26-29(14-17)19-8-4-3-5-9-19)24-21(16-28)23(25(30)31)20-10-6-7-11-22(20)27-24/h3-14H,2,15-16H2,1H3,(H,30,31)/b18-12+. The van der Waals surface area contributed by atoms with Crippen LogP contribution in [0.4, 0.5) is 0 Å². The van der Waals surface area contributed by atoms with Gasteiger partial charge >= 0.3 is 5.97 Å². The summed E-state index contributed by atoms with van der Waals surface area (Å²) in [6.07, 6.45) is 5.87. The Morgan fingerprint density at radius 1 is 1.10 bits per heavy atom. The summed E-state index contributed by atoms with van der Waals surface area (Å²) in [5.41, 5.74) is 5.55. The molecule has 0 unspecified atom stereocenters. The van der Waals surface area contributed by atoms with Gasteiger partial charge in [0.1, 0.15) is 0 Å². The second-order valence-corrected chi connectivity index (χ2v) is 7.66. The Labute approximate surface area is 180 Å². The lowest BCUT2D eigenvalue weighted by molar-refractivity contribution is 0.0696. The Hall–Kier alpha value is -3.77. The highest BCUT2D eigenvalue weighted by Crippen LogP contribution is 2.34. The first-order chi connectivity index (χ1) is 15.1.